The lowest BCUT2D eigenvalue weighted by molar-refractivity contribution is 0.102. The van der Waals surface area contributed by atoms with Gasteiger partial charge in [0.15, 0.2) is 0 Å². The number of benzene rings is 1. The largest absolute Gasteiger partial charge is 0.381 e. The van der Waals surface area contributed by atoms with Crippen LogP contribution in [-0.4, -0.2) is 51.9 Å². The van der Waals surface area contributed by atoms with Gasteiger partial charge in [-0.25, -0.2) is 14.4 Å². The Morgan fingerprint density at radius 3 is 2.62 bits per heavy atom. The molecule has 0 atom stereocenters. The number of piperidine rings is 1. The number of hydrogen-bond acceptors (Lipinski definition) is 6. The summed E-state index contributed by atoms with van der Waals surface area (Å²) in [6, 6.07) is 13.5. The number of nitrogens with zero attached hydrogens (tertiary/aromatic N) is 4. The van der Waals surface area contributed by atoms with E-state index in [0.29, 0.717) is 22.9 Å². The summed E-state index contributed by atoms with van der Waals surface area (Å²) in [5, 5.41) is 7.21. The summed E-state index contributed by atoms with van der Waals surface area (Å²) in [6.07, 6.45) is 7.52. The zero-order valence-corrected chi connectivity index (χ0v) is 18.8. The van der Waals surface area contributed by atoms with Crippen molar-refractivity contribution in [2.45, 2.75) is 18.9 Å². The third kappa shape index (κ3) is 5.02. The van der Waals surface area contributed by atoms with Crippen LogP contribution in [0.2, 0.25) is 0 Å². The zero-order chi connectivity index (χ0) is 23.5. The fraction of sp³-hybridized carbons (Fsp3) is 0.231. The van der Waals surface area contributed by atoms with E-state index in [-0.39, 0.29) is 5.91 Å². The normalized spacial score (nSPS) is 14.8. The van der Waals surface area contributed by atoms with Gasteiger partial charge < -0.3 is 15.5 Å². The van der Waals surface area contributed by atoms with E-state index in [1.807, 2.05) is 18.3 Å². The highest BCUT2D eigenvalue weighted by Gasteiger charge is 2.16. The van der Waals surface area contributed by atoms with Gasteiger partial charge in [0.05, 0.1) is 16.9 Å². The highest BCUT2D eigenvalue weighted by molar-refractivity contribution is 6.04. The topological polar surface area (TPSA) is 83.0 Å². The molecular weight excluding hydrogens is 431 g/mol. The monoisotopic (exact) mass is 456 g/mol. The number of amides is 1. The molecular formula is C26H25FN6O. The van der Waals surface area contributed by atoms with Crippen molar-refractivity contribution in [1.29, 1.82) is 0 Å². The van der Waals surface area contributed by atoms with Crippen LogP contribution in [0.15, 0.2) is 67.1 Å². The SMILES string of the molecule is CN1CCC(Nc2cncc(-c3ccc4cnc(NC(=O)c5ccc(F)cc5)cc4n3)c2)CC1. The van der Waals surface area contributed by atoms with Crippen LogP contribution in [0.1, 0.15) is 23.2 Å². The van der Waals surface area contributed by atoms with Crippen molar-refractivity contribution in [3.8, 4) is 11.3 Å². The standard InChI is InChI=1S/C26H25FN6O/c1-33-10-8-21(9-11-33)30-22-12-19(14-28-16-22)23-7-4-18-15-29-25(13-24(18)31-23)32-26(34)17-2-5-20(27)6-3-17/h2-7,12-16,21,30H,8-11H2,1H3,(H,29,32,34). The molecule has 8 heteroatoms. The summed E-state index contributed by atoms with van der Waals surface area (Å²) in [7, 11) is 2.15. The minimum absolute atomic E-state index is 0.352. The molecule has 1 aliphatic heterocycles. The minimum atomic E-state index is -0.391. The van der Waals surface area contributed by atoms with Gasteiger partial charge in [0.1, 0.15) is 11.6 Å². The van der Waals surface area contributed by atoms with Gasteiger partial charge in [-0.3, -0.25) is 9.78 Å². The Morgan fingerprint density at radius 2 is 1.82 bits per heavy atom. The minimum Gasteiger partial charge on any atom is -0.381 e. The van der Waals surface area contributed by atoms with Gasteiger partial charge in [-0.15, -0.1) is 0 Å². The number of pyridine rings is 3. The second kappa shape index (κ2) is 9.52. The highest BCUT2D eigenvalue weighted by atomic mass is 19.1. The maximum atomic E-state index is 13.1. The zero-order valence-electron chi connectivity index (χ0n) is 18.8. The first-order valence-electron chi connectivity index (χ1n) is 11.3. The van der Waals surface area contributed by atoms with Crippen LogP contribution in [0.3, 0.4) is 0 Å². The number of likely N-dealkylation sites (tertiary alicyclic amines) is 1. The second-order valence-corrected chi connectivity index (χ2v) is 8.60. The van der Waals surface area contributed by atoms with E-state index < -0.39 is 5.82 Å². The van der Waals surface area contributed by atoms with Crippen LogP contribution in [-0.2, 0) is 0 Å². The molecule has 1 aliphatic rings. The average Bonchev–Trinajstić information content (AvgIpc) is 2.85. The third-order valence-electron chi connectivity index (χ3n) is 6.04. The number of anilines is 2. The summed E-state index contributed by atoms with van der Waals surface area (Å²) in [4.78, 5) is 28.3. The molecule has 34 heavy (non-hydrogen) atoms. The molecule has 0 spiro atoms. The summed E-state index contributed by atoms with van der Waals surface area (Å²) >= 11 is 0. The quantitative estimate of drug-likeness (QED) is 0.457. The van der Waals surface area contributed by atoms with Gasteiger partial charge in [0, 0.05) is 47.2 Å². The summed E-state index contributed by atoms with van der Waals surface area (Å²) in [5.74, 6) is -0.376. The molecule has 2 N–H and O–H groups in total. The number of carbonyl (C=O) groups excluding carboxylic acids is 1. The van der Waals surface area contributed by atoms with E-state index in [1.54, 1.807) is 18.5 Å². The van der Waals surface area contributed by atoms with Gasteiger partial charge in [0.2, 0.25) is 0 Å². The Balaban J connectivity index is 1.35. The van der Waals surface area contributed by atoms with E-state index >= 15 is 0 Å². The lowest BCUT2D eigenvalue weighted by Gasteiger charge is -2.30. The van der Waals surface area contributed by atoms with Crippen LogP contribution in [0, 0.1) is 5.82 Å². The molecule has 0 unspecified atom stereocenters. The lowest BCUT2D eigenvalue weighted by atomic mass is 10.1. The van der Waals surface area contributed by atoms with Gasteiger partial charge in [-0.05, 0) is 75.4 Å². The predicted octanol–water partition coefficient (Wildman–Crippen LogP) is 4.59. The third-order valence-corrected chi connectivity index (χ3v) is 6.04. The van der Waals surface area contributed by atoms with Crippen LogP contribution >= 0.6 is 0 Å². The Morgan fingerprint density at radius 1 is 1.03 bits per heavy atom. The Hall–Kier alpha value is -3.91. The Bertz CT molecular complexity index is 1320. The molecule has 4 heterocycles. The van der Waals surface area contributed by atoms with Gasteiger partial charge in [-0.2, -0.15) is 0 Å². The van der Waals surface area contributed by atoms with Gasteiger partial charge in [0.25, 0.3) is 5.91 Å². The molecule has 0 saturated carbocycles. The first-order chi connectivity index (χ1) is 16.5. The number of nitrogens with one attached hydrogen (secondary N) is 2. The number of aromatic nitrogens is 3. The number of rotatable bonds is 5. The number of carbonyl (C=O) groups is 1. The van der Waals surface area contributed by atoms with Crippen molar-refractivity contribution in [2.24, 2.45) is 0 Å². The fourth-order valence-corrected chi connectivity index (χ4v) is 4.08. The summed E-state index contributed by atoms with van der Waals surface area (Å²) in [5.41, 5.74) is 3.74. The number of halogens is 1. The van der Waals surface area contributed by atoms with Crippen molar-refractivity contribution in [2.75, 3.05) is 30.8 Å². The smallest absolute Gasteiger partial charge is 0.256 e. The van der Waals surface area contributed by atoms with E-state index in [0.717, 1.165) is 48.3 Å². The van der Waals surface area contributed by atoms with E-state index in [2.05, 4.69) is 38.6 Å². The lowest BCUT2D eigenvalue weighted by Crippen LogP contribution is -2.36. The van der Waals surface area contributed by atoms with Crippen molar-refractivity contribution >= 4 is 28.3 Å². The van der Waals surface area contributed by atoms with Crippen molar-refractivity contribution in [3.63, 3.8) is 0 Å². The molecule has 1 saturated heterocycles. The number of hydrogen-bond donors (Lipinski definition) is 2. The van der Waals surface area contributed by atoms with Crippen LogP contribution in [0.4, 0.5) is 15.9 Å². The van der Waals surface area contributed by atoms with Crippen LogP contribution in [0.5, 0.6) is 0 Å². The maximum Gasteiger partial charge on any atom is 0.256 e. The molecule has 1 amide bonds. The number of fused-ring (bicyclic) bond motifs is 1. The average molecular weight is 457 g/mol. The predicted molar refractivity (Wildman–Crippen MR) is 131 cm³/mol. The molecule has 3 aromatic heterocycles. The van der Waals surface area contributed by atoms with E-state index in [4.69, 9.17) is 4.98 Å². The van der Waals surface area contributed by atoms with Crippen molar-refractivity contribution in [1.82, 2.24) is 19.9 Å². The van der Waals surface area contributed by atoms with Crippen molar-refractivity contribution < 1.29 is 9.18 Å². The molecule has 1 fully saturated rings. The second-order valence-electron chi connectivity index (χ2n) is 8.60. The van der Waals surface area contributed by atoms with E-state index in [1.165, 1.54) is 24.3 Å². The molecule has 1 aromatic carbocycles. The molecule has 4 aromatic rings. The summed E-state index contributed by atoms with van der Waals surface area (Å²) < 4.78 is 13.1. The molecule has 0 aliphatic carbocycles. The summed E-state index contributed by atoms with van der Waals surface area (Å²) in [6.45, 7) is 2.18. The highest BCUT2D eigenvalue weighted by Crippen LogP contribution is 2.25. The first kappa shape index (κ1) is 21.9. The molecule has 0 radical (unpaired) electrons. The molecule has 0 bridgehead atoms. The van der Waals surface area contributed by atoms with Gasteiger partial charge >= 0.3 is 0 Å². The van der Waals surface area contributed by atoms with Gasteiger partial charge in [-0.1, -0.05) is 0 Å². The maximum absolute atomic E-state index is 13.1. The van der Waals surface area contributed by atoms with Crippen molar-refractivity contribution in [3.05, 3.63) is 78.5 Å². The molecule has 172 valence electrons. The Kier molecular flexibility index (Phi) is 6.14. The van der Waals surface area contributed by atoms with Crippen LogP contribution in [0.25, 0.3) is 22.2 Å². The first-order valence-corrected chi connectivity index (χ1v) is 11.3. The van der Waals surface area contributed by atoms with Crippen LogP contribution < -0.4 is 10.6 Å². The molecule has 7 nitrogen and oxygen atoms in total. The fourth-order valence-electron chi connectivity index (χ4n) is 4.08. The van der Waals surface area contributed by atoms with E-state index in [9.17, 15) is 9.18 Å². The Labute approximate surface area is 197 Å². The molecule has 5 rings (SSSR count).